The smallest absolute Gasteiger partial charge is 0.287 e. The van der Waals surface area contributed by atoms with E-state index in [1.165, 1.54) is 5.38 Å². The highest BCUT2D eigenvalue weighted by atomic mass is 32.1. The van der Waals surface area contributed by atoms with Crippen LogP contribution in [-0.4, -0.2) is 37.8 Å². The van der Waals surface area contributed by atoms with Crippen molar-refractivity contribution in [2.75, 3.05) is 5.32 Å². The molecular weight excluding hydrogens is 516 g/mol. The lowest BCUT2D eigenvalue weighted by molar-refractivity contribution is -0.0481. The Bertz CT molecular complexity index is 1050. The van der Waals surface area contributed by atoms with E-state index in [0.717, 1.165) is 24.7 Å². The van der Waals surface area contributed by atoms with E-state index in [1.807, 2.05) is 13.8 Å². The van der Waals surface area contributed by atoms with Gasteiger partial charge in [0.15, 0.2) is 10.8 Å². The molecule has 2 aliphatic carbocycles. The van der Waals surface area contributed by atoms with E-state index in [2.05, 4.69) is 25.3 Å². The Balaban J connectivity index is 1.56. The third kappa shape index (κ3) is 7.32. The lowest BCUT2D eigenvalue weighted by Crippen LogP contribution is -2.32. The Labute approximate surface area is 216 Å². The maximum absolute atomic E-state index is 13.8. The highest BCUT2D eigenvalue weighted by Gasteiger charge is 2.37. The fourth-order valence-electron chi connectivity index (χ4n) is 5.02. The zero-order valence-electron chi connectivity index (χ0n) is 21.2. The van der Waals surface area contributed by atoms with Crippen LogP contribution in [0.2, 0.25) is 0 Å². The van der Waals surface area contributed by atoms with Crippen molar-refractivity contribution >= 4 is 17.3 Å². The van der Waals surface area contributed by atoms with Crippen LogP contribution in [0.5, 0.6) is 0 Å². The van der Waals surface area contributed by atoms with E-state index in [1.54, 1.807) is 0 Å². The molecule has 2 atom stereocenters. The maximum Gasteiger partial charge on any atom is 0.287 e. The molecule has 4 rings (SSSR count). The van der Waals surface area contributed by atoms with Crippen molar-refractivity contribution in [3.05, 3.63) is 16.9 Å². The second-order valence-corrected chi connectivity index (χ2v) is 11.7. The van der Waals surface area contributed by atoms with Crippen LogP contribution in [0.3, 0.4) is 0 Å². The summed E-state index contributed by atoms with van der Waals surface area (Å²) in [6, 6.07) is -0.244. The molecule has 0 amide bonds. The molecule has 0 aromatic carbocycles. The standard InChI is InChI=1S/C25H33F6N5S/c1-14(12-16-4-8-24(28,29)9-5-16)15(2)19-34-20(21-33-18(13-37-21)23(3,26)27)36-22(35-19)32-17-6-10-25(30,31)11-7-17/h13-17H,4-12H2,1-3H3,(H,32,34,35,36). The molecule has 0 radical (unpaired) electrons. The first-order chi connectivity index (χ1) is 17.2. The molecule has 2 saturated carbocycles. The van der Waals surface area contributed by atoms with Gasteiger partial charge in [0, 0.05) is 49.9 Å². The molecular formula is C25H33F6N5S. The summed E-state index contributed by atoms with van der Waals surface area (Å²) in [6.45, 7) is 4.73. The number of aromatic nitrogens is 4. The molecule has 0 spiro atoms. The maximum atomic E-state index is 13.8. The number of alkyl halides is 6. The molecule has 0 bridgehead atoms. The first-order valence-corrected chi connectivity index (χ1v) is 13.7. The molecule has 2 unspecified atom stereocenters. The predicted molar refractivity (Wildman–Crippen MR) is 130 cm³/mol. The largest absolute Gasteiger partial charge is 0.351 e. The molecule has 1 N–H and O–H groups in total. The van der Waals surface area contributed by atoms with Crippen LogP contribution in [0.4, 0.5) is 32.3 Å². The van der Waals surface area contributed by atoms with Crippen LogP contribution in [0.25, 0.3) is 10.8 Å². The monoisotopic (exact) mass is 549 g/mol. The minimum Gasteiger partial charge on any atom is -0.351 e. The van der Waals surface area contributed by atoms with Gasteiger partial charge >= 0.3 is 0 Å². The summed E-state index contributed by atoms with van der Waals surface area (Å²) in [5, 5.41) is 4.62. The molecule has 37 heavy (non-hydrogen) atoms. The number of hydrogen-bond acceptors (Lipinski definition) is 6. The second kappa shape index (κ2) is 10.6. The third-order valence-corrected chi connectivity index (χ3v) is 8.49. The van der Waals surface area contributed by atoms with E-state index in [0.29, 0.717) is 18.7 Å². The van der Waals surface area contributed by atoms with Crippen LogP contribution >= 0.6 is 11.3 Å². The average Bonchev–Trinajstić information content (AvgIpc) is 3.32. The average molecular weight is 550 g/mol. The SMILES string of the molecule is CC(CC1CCC(F)(F)CC1)C(C)c1nc(NC2CCC(F)(F)CC2)nc(-c2nc(C(C)(F)F)cs2)n1. The Morgan fingerprint density at radius 3 is 2.11 bits per heavy atom. The van der Waals surface area contributed by atoms with Gasteiger partial charge in [0.1, 0.15) is 11.5 Å². The molecule has 2 heterocycles. The van der Waals surface area contributed by atoms with E-state index in [9.17, 15) is 26.3 Å². The molecule has 2 aromatic heterocycles. The minimum atomic E-state index is -3.11. The number of rotatable bonds is 8. The van der Waals surface area contributed by atoms with Crippen molar-refractivity contribution < 1.29 is 26.3 Å². The van der Waals surface area contributed by atoms with Crippen LogP contribution in [0, 0.1) is 11.8 Å². The van der Waals surface area contributed by atoms with Gasteiger partial charge in [0.25, 0.3) is 5.92 Å². The number of anilines is 1. The summed E-state index contributed by atoms with van der Waals surface area (Å²) in [4.78, 5) is 17.6. The van der Waals surface area contributed by atoms with Gasteiger partial charge in [0.05, 0.1) is 0 Å². The summed E-state index contributed by atoms with van der Waals surface area (Å²) in [6.07, 6.45) is 1.53. The number of thiazole rings is 1. The van der Waals surface area contributed by atoms with Crippen LogP contribution < -0.4 is 5.32 Å². The first kappa shape index (κ1) is 28.0. The van der Waals surface area contributed by atoms with E-state index >= 15 is 0 Å². The third-order valence-electron chi connectivity index (χ3n) is 7.65. The van der Waals surface area contributed by atoms with E-state index in [4.69, 9.17) is 0 Å². The first-order valence-electron chi connectivity index (χ1n) is 12.8. The Hall–Kier alpha value is -1.98. The predicted octanol–water partition coefficient (Wildman–Crippen LogP) is 8.05. The van der Waals surface area contributed by atoms with Crippen molar-refractivity contribution in [3.63, 3.8) is 0 Å². The molecule has 2 aliphatic rings. The molecule has 12 heteroatoms. The van der Waals surface area contributed by atoms with Crippen molar-refractivity contribution in [3.8, 4) is 10.8 Å². The highest BCUT2D eigenvalue weighted by Crippen LogP contribution is 2.41. The minimum absolute atomic E-state index is 0.0695. The van der Waals surface area contributed by atoms with Gasteiger partial charge in [-0.25, -0.2) is 27.5 Å². The quantitative estimate of drug-likeness (QED) is 0.338. The number of nitrogens with zero attached hydrogens (tertiary/aromatic N) is 4. The zero-order valence-corrected chi connectivity index (χ0v) is 22.0. The highest BCUT2D eigenvalue weighted by molar-refractivity contribution is 7.13. The van der Waals surface area contributed by atoms with Crippen molar-refractivity contribution in [2.24, 2.45) is 11.8 Å². The summed E-state index contributed by atoms with van der Waals surface area (Å²) in [5.41, 5.74) is -0.381. The van der Waals surface area contributed by atoms with Crippen molar-refractivity contribution in [2.45, 2.75) is 108 Å². The van der Waals surface area contributed by atoms with E-state index < -0.39 is 17.8 Å². The lowest BCUT2D eigenvalue weighted by atomic mass is 9.78. The van der Waals surface area contributed by atoms with Gasteiger partial charge in [-0.2, -0.15) is 18.7 Å². The fraction of sp³-hybridized carbons (Fsp3) is 0.760. The van der Waals surface area contributed by atoms with Crippen LogP contribution in [-0.2, 0) is 5.92 Å². The fourth-order valence-corrected chi connectivity index (χ4v) is 5.85. The van der Waals surface area contributed by atoms with Gasteiger partial charge in [0.2, 0.25) is 17.8 Å². The van der Waals surface area contributed by atoms with Crippen LogP contribution in [0.1, 0.15) is 96.0 Å². The van der Waals surface area contributed by atoms with Gasteiger partial charge < -0.3 is 5.32 Å². The lowest BCUT2D eigenvalue weighted by Gasteiger charge is -2.31. The van der Waals surface area contributed by atoms with Gasteiger partial charge in [-0.15, -0.1) is 11.3 Å². The zero-order chi connectivity index (χ0) is 27.0. The molecule has 206 valence electrons. The summed E-state index contributed by atoms with van der Waals surface area (Å²) < 4.78 is 82.0. The van der Waals surface area contributed by atoms with Crippen molar-refractivity contribution in [1.29, 1.82) is 0 Å². The Kier molecular flexibility index (Phi) is 8.07. The molecule has 0 saturated heterocycles. The Morgan fingerprint density at radius 2 is 1.54 bits per heavy atom. The summed E-state index contributed by atoms with van der Waals surface area (Å²) >= 11 is 0.999. The number of nitrogens with one attached hydrogen (secondary N) is 1. The van der Waals surface area contributed by atoms with Crippen molar-refractivity contribution in [1.82, 2.24) is 19.9 Å². The normalized spacial score (nSPS) is 22.5. The Morgan fingerprint density at radius 1 is 0.946 bits per heavy atom. The number of halogens is 6. The summed E-state index contributed by atoms with van der Waals surface area (Å²) in [7, 11) is 0. The van der Waals surface area contributed by atoms with Gasteiger partial charge in [-0.1, -0.05) is 13.8 Å². The summed E-state index contributed by atoms with van der Waals surface area (Å²) in [5.74, 6) is -7.51. The second-order valence-electron chi connectivity index (χ2n) is 10.8. The number of hydrogen-bond donors (Lipinski definition) is 1. The molecule has 5 nitrogen and oxygen atoms in total. The van der Waals surface area contributed by atoms with Gasteiger partial charge in [-0.05, 0) is 43.9 Å². The molecule has 2 aromatic rings. The molecule has 2 fully saturated rings. The van der Waals surface area contributed by atoms with Crippen LogP contribution in [0.15, 0.2) is 5.38 Å². The topological polar surface area (TPSA) is 63.6 Å². The van der Waals surface area contributed by atoms with E-state index in [-0.39, 0.29) is 84.8 Å². The molecule has 0 aliphatic heterocycles. The van der Waals surface area contributed by atoms with Gasteiger partial charge in [-0.3, -0.25) is 0 Å².